The predicted octanol–water partition coefficient (Wildman–Crippen LogP) is 2.80. The lowest BCUT2D eigenvalue weighted by Gasteiger charge is -2.31. The molecule has 126 valence electrons. The largest absolute Gasteiger partial charge is 0.320 e. The first-order chi connectivity index (χ1) is 12.1. The monoisotopic (exact) mass is 354 g/mol. The van der Waals surface area contributed by atoms with Crippen LogP contribution in [-0.4, -0.2) is 28.4 Å². The van der Waals surface area contributed by atoms with Crippen molar-refractivity contribution >= 4 is 22.4 Å². The fourth-order valence-electron chi connectivity index (χ4n) is 2.97. The molecular weight excluding hydrogens is 340 g/mol. The molecule has 2 aromatic carbocycles. The van der Waals surface area contributed by atoms with Crippen molar-refractivity contribution in [2.75, 3.05) is 0 Å². The van der Waals surface area contributed by atoms with Crippen molar-refractivity contribution < 1.29 is 23.3 Å². The average molecular weight is 354 g/mol. The molecule has 0 bridgehead atoms. The molecular formula is C19H14O5S. The molecule has 0 amide bonds. The minimum Gasteiger partial charge on any atom is -0.320 e. The van der Waals surface area contributed by atoms with E-state index in [1.54, 1.807) is 55.5 Å². The molecule has 1 aliphatic carbocycles. The smallest absolute Gasteiger partial charge is 0.195 e. The van der Waals surface area contributed by atoms with Gasteiger partial charge in [0.25, 0.3) is 0 Å². The van der Waals surface area contributed by atoms with Gasteiger partial charge in [-0.15, -0.1) is 0 Å². The van der Waals surface area contributed by atoms with Crippen molar-refractivity contribution in [3.63, 3.8) is 0 Å². The molecule has 0 aromatic heterocycles. The number of benzene rings is 2. The first-order valence-corrected chi connectivity index (χ1v) is 8.99. The van der Waals surface area contributed by atoms with Gasteiger partial charge in [0.15, 0.2) is 24.1 Å². The fraction of sp³-hybridized carbons (Fsp3) is 0.158. The Morgan fingerprint density at radius 3 is 2.24 bits per heavy atom. The van der Waals surface area contributed by atoms with Crippen molar-refractivity contribution in [2.45, 2.75) is 24.4 Å². The fourth-order valence-corrected chi connectivity index (χ4v) is 4.00. The van der Waals surface area contributed by atoms with Crippen LogP contribution in [0.25, 0.3) is 0 Å². The molecule has 1 saturated heterocycles. The summed E-state index contributed by atoms with van der Waals surface area (Å²) >= 11 is 0. The average Bonchev–Trinajstić information content (AvgIpc) is 2.61. The maximum Gasteiger partial charge on any atom is 0.195 e. The molecule has 2 aliphatic rings. The van der Waals surface area contributed by atoms with Crippen LogP contribution in [0.1, 0.15) is 38.8 Å². The Hall–Kier alpha value is -2.41. The maximum atomic E-state index is 12.9. The molecule has 0 saturated carbocycles. The van der Waals surface area contributed by atoms with E-state index in [1.807, 2.05) is 0 Å². The maximum absolute atomic E-state index is 12.9. The Morgan fingerprint density at radius 1 is 0.920 bits per heavy atom. The SMILES string of the molecule is CC1OC(/C=C/S(=O)c2cccc3c2C(=O)c2ccccc2C3=O)O1. The van der Waals surface area contributed by atoms with E-state index < -0.39 is 17.1 Å². The van der Waals surface area contributed by atoms with Crippen LogP contribution in [0.5, 0.6) is 0 Å². The topological polar surface area (TPSA) is 69.7 Å². The van der Waals surface area contributed by atoms with Gasteiger partial charge in [0.2, 0.25) is 0 Å². The van der Waals surface area contributed by atoms with Crippen LogP contribution >= 0.6 is 0 Å². The van der Waals surface area contributed by atoms with Crippen molar-refractivity contribution in [1.29, 1.82) is 0 Å². The molecule has 1 atom stereocenters. The van der Waals surface area contributed by atoms with Crippen molar-refractivity contribution in [3.8, 4) is 0 Å². The van der Waals surface area contributed by atoms with Gasteiger partial charge in [-0.1, -0.05) is 36.4 Å². The molecule has 1 fully saturated rings. The third-order valence-corrected chi connectivity index (χ3v) is 5.32. The second-order valence-corrected chi connectivity index (χ2v) is 7.02. The van der Waals surface area contributed by atoms with E-state index in [2.05, 4.69) is 0 Å². The van der Waals surface area contributed by atoms with Gasteiger partial charge in [0.05, 0.1) is 21.3 Å². The van der Waals surface area contributed by atoms with E-state index in [1.165, 1.54) is 5.41 Å². The molecule has 0 N–H and O–H groups in total. The highest BCUT2D eigenvalue weighted by Crippen LogP contribution is 2.31. The van der Waals surface area contributed by atoms with Crippen molar-refractivity contribution in [3.05, 3.63) is 76.2 Å². The Morgan fingerprint density at radius 2 is 1.56 bits per heavy atom. The van der Waals surface area contributed by atoms with Gasteiger partial charge in [-0.25, -0.2) is 4.21 Å². The molecule has 25 heavy (non-hydrogen) atoms. The van der Waals surface area contributed by atoms with Gasteiger partial charge in [-0.2, -0.15) is 0 Å². The highest BCUT2D eigenvalue weighted by molar-refractivity contribution is 7.88. The highest BCUT2D eigenvalue weighted by atomic mass is 32.2. The number of hydrogen-bond acceptors (Lipinski definition) is 5. The lowest BCUT2D eigenvalue weighted by molar-refractivity contribution is -0.354. The van der Waals surface area contributed by atoms with Crippen LogP contribution in [0, 0.1) is 0 Å². The van der Waals surface area contributed by atoms with E-state index in [-0.39, 0.29) is 29.0 Å². The van der Waals surface area contributed by atoms with Crippen molar-refractivity contribution in [1.82, 2.24) is 0 Å². The summed E-state index contributed by atoms with van der Waals surface area (Å²) in [7, 11) is -1.60. The Balaban J connectivity index is 1.73. The zero-order valence-corrected chi connectivity index (χ0v) is 14.1. The van der Waals surface area contributed by atoms with Gasteiger partial charge >= 0.3 is 0 Å². The number of hydrogen-bond donors (Lipinski definition) is 0. The number of carbonyl (C=O) groups is 2. The molecule has 5 nitrogen and oxygen atoms in total. The summed E-state index contributed by atoms with van der Waals surface area (Å²) in [5.41, 5.74) is 1.21. The molecule has 1 unspecified atom stereocenters. The third-order valence-electron chi connectivity index (χ3n) is 4.14. The minimum atomic E-state index is -1.60. The van der Waals surface area contributed by atoms with Gasteiger partial charge in [0, 0.05) is 22.1 Å². The summed E-state index contributed by atoms with van der Waals surface area (Å²) < 4.78 is 23.2. The minimum absolute atomic E-state index is 0.206. The third kappa shape index (κ3) is 2.68. The van der Waals surface area contributed by atoms with E-state index in [4.69, 9.17) is 9.47 Å². The quantitative estimate of drug-likeness (QED) is 0.723. The zero-order valence-electron chi connectivity index (χ0n) is 13.3. The normalized spacial score (nSPS) is 23.1. The summed E-state index contributed by atoms with van der Waals surface area (Å²) in [5.74, 6) is -0.514. The van der Waals surface area contributed by atoms with Crippen LogP contribution in [0.3, 0.4) is 0 Å². The van der Waals surface area contributed by atoms with Gasteiger partial charge in [-0.05, 0) is 19.1 Å². The standard InChI is InChI=1S/C19H14O5S/c1-11-23-16(24-11)9-10-25(22)15-8-4-7-14-17(15)19(21)13-6-3-2-5-12(13)18(14)20/h2-11,16H,1H3/b10-9+. The van der Waals surface area contributed by atoms with Gasteiger partial charge in [0.1, 0.15) is 0 Å². The lowest BCUT2D eigenvalue weighted by atomic mass is 9.84. The van der Waals surface area contributed by atoms with Crippen molar-refractivity contribution in [2.24, 2.45) is 0 Å². The van der Waals surface area contributed by atoms with E-state index >= 15 is 0 Å². The predicted molar refractivity (Wildman–Crippen MR) is 90.7 cm³/mol. The van der Waals surface area contributed by atoms with Crippen LogP contribution < -0.4 is 0 Å². The Kier molecular flexibility index (Phi) is 3.95. The van der Waals surface area contributed by atoms with Crippen LogP contribution in [-0.2, 0) is 20.3 Å². The highest BCUT2D eigenvalue weighted by Gasteiger charge is 2.32. The molecule has 6 heteroatoms. The van der Waals surface area contributed by atoms with Crippen LogP contribution in [0.4, 0.5) is 0 Å². The summed E-state index contributed by atoms with van der Waals surface area (Å²) in [4.78, 5) is 25.9. The zero-order chi connectivity index (χ0) is 17.6. The van der Waals surface area contributed by atoms with E-state index in [0.717, 1.165) is 0 Å². The van der Waals surface area contributed by atoms with Crippen LogP contribution in [0.15, 0.2) is 58.8 Å². The molecule has 4 rings (SSSR count). The summed E-state index contributed by atoms with van der Waals surface area (Å²) in [6.45, 7) is 1.76. The molecule has 2 aromatic rings. The summed E-state index contributed by atoms with van der Waals surface area (Å²) in [5, 5.41) is 1.42. The van der Waals surface area contributed by atoms with E-state index in [9.17, 15) is 13.8 Å². The Bertz CT molecular complexity index is 941. The number of ketones is 2. The van der Waals surface area contributed by atoms with Crippen LogP contribution in [0.2, 0.25) is 0 Å². The summed E-state index contributed by atoms with van der Waals surface area (Å²) in [6, 6.07) is 11.5. The van der Waals surface area contributed by atoms with Gasteiger partial charge < -0.3 is 9.47 Å². The second kappa shape index (κ2) is 6.15. The number of carbonyl (C=O) groups excluding carboxylic acids is 2. The van der Waals surface area contributed by atoms with Gasteiger partial charge in [-0.3, -0.25) is 9.59 Å². The second-order valence-electron chi connectivity index (χ2n) is 5.72. The summed E-state index contributed by atoms with van der Waals surface area (Å²) in [6.07, 6.45) is 0.735. The van der Waals surface area contributed by atoms with E-state index in [0.29, 0.717) is 16.0 Å². The molecule has 1 aliphatic heterocycles. The number of ether oxygens (including phenoxy) is 2. The molecule has 0 radical (unpaired) electrons. The number of rotatable bonds is 3. The Labute approximate surface area is 146 Å². The lowest BCUT2D eigenvalue weighted by Crippen LogP contribution is -2.37. The molecule has 0 spiro atoms. The number of fused-ring (bicyclic) bond motifs is 2. The first-order valence-electron chi connectivity index (χ1n) is 7.77. The molecule has 1 heterocycles. The first kappa shape index (κ1) is 16.1.